The number of H-pyrrole nitrogens is 1. The summed E-state index contributed by atoms with van der Waals surface area (Å²) in [6.45, 7) is 9.76. The normalized spacial score (nSPS) is 10.7. The van der Waals surface area contributed by atoms with Gasteiger partial charge < -0.3 is 15.2 Å². The van der Waals surface area contributed by atoms with Gasteiger partial charge in [-0.15, -0.1) is 0 Å². The smallest absolute Gasteiger partial charge is 0.252 e. The minimum Gasteiger partial charge on any atom is -0.369 e. The molecule has 112 valence electrons. The predicted octanol–water partition coefficient (Wildman–Crippen LogP) is 1.56. The SMILES string of the molecule is CCN(CC)C(=O)CCNc1cc(=O)[nH]c(C(C)C)n1. The third-order valence-corrected chi connectivity index (χ3v) is 3.07. The van der Waals surface area contributed by atoms with Crippen LogP contribution >= 0.6 is 0 Å². The molecule has 0 aliphatic heterocycles. The Morgan fingerprint density at radius 2 is 2.05 bits per heavy atom. The number of hydrogen-bond acceptors (Lipinski definition) is 4. The van der Waals surface area contributed by atoms with Gasteiger partial charge in [-0.05, 0) is 13.8 Å². The summed E-state index contributed by atoms with van der Waals surface area (Å²) in [6.07, 6.45) is 0.396. The molecular formula is C14H24N4O2. The quantitative estimate of drug-likeness (QED) is 0.794. The molecule has 0 unspecified atom stereocenters. The zero-order valence-electron chi connectivity index (χ0n) is 12.7. The van der Waals surface area contributed by atoms with Crippen LogP contribution < -0.4 is 10.9 Å². The van der Waals surface area contributed by atoms with E-state index in [1.165, 1.54) is 6.07 Å². The molecule has 0 spiro atoms. The van der Waals surface area contributed by atoms with Crippen molar-refractivity contribution >= 4 is 11.7 Å². The van der Waals surface area contributed by atoms with Gasteiger partial charge in [0.15, 0.2) is 0 Å². The van der Waals surface area contributed by atoms with E-state index in [1.807, 2.05) is 27.7 Å². The summed E-state index contributed by atoms with van der Waals surface area (Å²) in [7, 11) is 0. The van der Waals surface area contributed by atoms with Crippen LogP contribution in [0.5, 0.6) is 0 Å². The van der Waals surface area contributed by atoms with Gasteiger partial charge in [0.05, 0.1) is 0 Å². The summed E-state index contributed by atoms with van der Waals surface area (Å²) in [5.74, 6) is 1.43. The van der Waals surface area contributed by atoms with Crippen molar-refractivity contribution in [3.8, 4) is 0 Å². The van der Waals surface area contributed by atoms with Crippen molar-refractivity contribution < 1.29 is 4.79 Å². The molecule has 0 aromatic carbocycles. The van der Waals surface area contributed by atoms with Crippen LogP contribution in [0.1, 0.15) is 45.9 Å². The molecule has 6 heteroatoms. The van der Waals surface area contributed by atoms with Crippen LogP contribution in [0.2, 0.25) is 0 Å². The van der Waals surface area contributed by atoms with Gasteiger partial charge >= 0.3 is 0 Å². The Hall–Kier alpha value is -1.85. The molecule has 0 atom stereocenters. The Labute approximate surface area is 119 Å². The molecule has 0 saturated heterocycles. The van der Waals surface area contributed by atoms with Crippen molar-refractivity contribution in [3.63, 3.8) is 0 Å². The molecule has 1 rings (SSSR count). The third kappa shape index (κ3) is 4.68. The van der Waals surface area contributed by atoms with Crippen molar-refractivity contribution in [2.45, 2.75) is 40.0 Å². The lowest BCUT2D eigenvalue weighted by Crippen LogP contribution is -2.31. The van der Waals surface area contributed by atoms with E-state index in [9.17, 15) is 9.59 Å². The molecule has 0 fully saturated rings. The van der Waals surface area contributed by atoms with Crippen LogP contribution in [0, 0.1) is 0 Å². The molecule has 1 aromatic heterocycles. The molecule has 6 nitrogen and oxygen atoms in total. The Bertz CT molecular complexity index is 492. The van der Waals surface area contributed by atoms with Gasteiger partial charge in [-0.3, -0.25) is 9.59 Å². The van der Waals surface area contributed by atoms with E-state index in [-0.39, 0.29) is 17.4 Å². The second-order valence-electron chi connectivity index (χ2n) is 4.91. The Morgan fingerprint density at radius 3 is 2.60 bits per heavy atom. The number of aromatic amines is 1. The van der Waals surface area contributed by atoms with E-state index in [0.717, 1.165) is 13.1 Å². The number of rotatable bonds is 7. The lowest BCUT2D eigenvalue weighted by Gasteiger charge is -2.18. The fraction of sp³-hybridized carbons (Fsp3) is 0.643. The van der Waals surface area contributed by atoms with E-state index in [0.29, 0.717) is 24.6 Å². The summed E-state index contributed by atoms with van der Waals surface area (Å²) in [4.78, 5) is 32.1. The predicted molar refractivity (Wildman–Crippen MR) is 80.0 cm³/mol. The topological polar surface area (TPSA) is 78.1 Å². The van der Waals surface area contributed by atoms with E-state index in [1.54, 1.807) is 4.90 Å². The maximum atomic E-state index is 11.8. The highest BCUT2D eigenvalue weighted by Gasteiger charge is 2.09. The average molecular weight is 280 g/mol. The molecule has 0 aliphatic rings. The zero-order valence-corrected chi connectivity index (χ0v) is 12.7. The average Bonchev–Trinajstić information content (AvgIpc) is 2.39. The van der Waals surface area contributed by atoms with E-state index in [2.05, 4.69) is 15.3 Å². The Balaban J connectivity index is 2.58. The number of amides is 1. The van der Waals surface area contributed by atoms with Crippen LogP contribution in [0.4, 0.5) is 5.82 Å². The summed E-state index contributed by atoms with van der Waals surface area (Å²) in [5.41, 5.74) is -0.179. The van der Waals surface area contributed by atoms with Gasteiger partial charge in [0, 0.05) is 38.0 Å². The molecule has 0 aliphatic carbocycles. The summed E-state index contributed by atoms with van der Waals surface area (Å²) >= 11 is 0. The standard InChI is InChI=1S/C14H24N4O2/c1-5-18(6-2)13(20)7-8-15-11-9-12(19)17-14(16-11)10(3)4/h9-10H,5-8H2,1-4H3,(H2,15,16,17,19). The molecule has 1 aromatic rings. The van der Waals surface area contributed by atoms with Crippen LogP contribution in [0.25, 0.3) is 0 Å². The van der Waals surface area contributed by atoms with Crippen LogP contribution in [-0.4, -0.2) is 40.4 Å². The van der Waals surface area contributed by atoms with Gasteiger partial charge in [0.1, 0.15) is 11.6 Å². The Kier molecular flexibility index (Phi) is 6.21. The fourth-order valence-electron chi connectivity index (χ4n) is 1.87. The lowest BCUT2D eigenvalue weighted by molar-refractivity contribution is -0.130. The molecule has 1 heterocycles. The molecule has 20 heavy (non-hydrogen) atoms. The molecule has 1 amide bonds. The number of carbonyl (C=O) groups excluding carboxylic acids is 1. The van der Waals surface area contributed by atoms with Gasteiger partial charge in [-0.1, -0.05) is 13.8 Å². The maximum absolute atomic E-state index is 11.8. The van der Waals surface area contributed by atoms with E-state index >= 15 is 0 Å². The minimum absolute atomic E-state index is 0.108. The first kappa shape index (κ1) is 16.2. The van der Waals surface area contributed by atoms with Gasteiger partial charge in [0.25, 0.3) is 5.56 Å². The van der Waals surface area contributed by atoms with Crippen molar-refractivity contribution in [2.75, 3.05) is 25.0 Å². The highest BCUT2D eigenvalue weighted by Crippen LogP contribution is 2.09. The first-order chi connectivity index (χ1) is 9.47. The van der Waals surface area contributed by atoms with Crippen LogP contribution in [0.3, 0.4) is 0 Å². The summed E-state index contributed by atoms with van der Waals surface area (Å²) in [5, 5.41) is 3.04. The first-order valence-electron chi connectivity index (χ1n) is 7.10. The molecule has 0 bridgehead atoms. The first-order valence-corrected chi connectivity index (χ1v) is 7.10. The molecule has 2 N–H and O–H groups in total. The number of nitrogens with zero attached hydrogens (tertiary/aromatic N) is 2. The second kappa shape index (κ2) is 7.67. The Morgan fingerprint density at radius 1 is 1.40 bits per heavy atom. The molecule has 0 radical (unpaired) electrons. The highest BCUT2D eigenvalue weighted by molar-refractivity contribution is 5.76. The van der Waals surface area contributed by atoms with Gasteiger partial charge in [-0.25, -0.2) is 4.98 Å². The van der Waals surface area contributed by atoms with Crippen LogP contribution in [0.15, 0.2) is 10.9 Å². The van der Waals surface area contributed by atoms with Crippen molar-refractivity contribution in [3.05, 3.63) is 22.2 Å². The minimum atomic E-state index is -0.179. The fourth-order valence-corrected chi connectivity index (χ4v) is 1.87. The van der Waals surface area contributed by atoms with Gasteiger partial charge in [-0.2, -0.15) is 0 Å². The maximum Gasteiger partial charge on any atom is 0.252 e. The number of aromatic nitrogens is 2. The number of carbonyl (C=O) groups is 1. The monoisotopic (exact) mass is 280 g/mol. The lowest BCUT2D eigenvalue weighted by atomic mass is 10.2. The van der Waals surface area contributed by atoms with E-state index < -0.39 is 0 Å². The number of nitrogens with one attached hydrogen (secondary N) is 2. The second-order valence-corrected chi connectivity index (χ2v) is 4.91. The van der Waals surface area contributed by atoms with Crippen molar-refractivity contribution in [1.29, 1.82) is 0 Å². The summed E-state index contributed by atoms with van der Waals surface area (Å²) in [6, 6.07) is 1.41. The third-order valence-electron chi connectivity index (χ3n) is 3.07. The molecule has 0 saturated carbocycles. The number of hydrogen-bond donors (Lipinski definition) is 2. The molecular weight excluding hydrogens is 256 g/mol. The zero-order chi connectivity index (χ0) is 15.1. The van der Waals surface area contributed by atoms with Crippen molar-refractivity contribution in [1.82, 2.24) is 14.9 Å². The largest absolute Gasteiger partial charge is 0.369 e. The summed E-state index contributed by atoms with van der Waals surface area (Å²) < 4.78 is 0. The van der Waals surface area contributed by atoms with Crippen molar-refractivity contribution in [2.24, 2.45) is 0 Å². The van der Waals surface area contributed by atoms with Gasteiger partial charge in [0.2, 0.25) is 5.91 Å². The number of anilines is 1. The van der Waals surface area contributed by atoms with Crippen LogP contribution in [-0.2, 0) is 4.79 Å². The van der Waals surface area contributed by atoms with E-state index in [4.69, 9.17) is 0 Å². The highest BCUT2D eigenvalue weighted by atomic mass is 16.2.